The van der Waals surface area contributed by atoms with Gasteiger partial charge < -0.3 is 29.3 Å². The molecule has 2 fully saturated rings. The first kappa shape index (κ1) is 20.7. The lowest BCUT2D eigenvalue weighted by Gasteiger charge is -2.31. The largest absolute Gasteiger partial charge is 0.492 e. The Hall–Kier alpha value is -1.99. The number of morpholine rings is 1. The average molecular weight is 393 g/mol. The smallest absolute Gasteiger partial charge is 0.279 e. The lowest BCUT2D eigenvalue weighted by atomic mass is 10.1. The molecule has 1 aromatic carbocycles. The summed E-state index contributed by atoms with van der Waals surface area (Å²) < 4.78 is 17.2. The van der Waals surface area contributed by atoms with E-state index in [0.29, 0.717) is 44.4 Å². The van der Waals surface area contributed by atoms with Gasteiger partial charge in [-0.05, 0) is 33.1 Å². The van der Waals surface area contributed by atoms with E-state index in [1.807, 2.05) is 26.0 Å². The van der Waals surface area contributed by atoms with Crippen molar-refractivity contribution in [3.8, 4) is 11.5 Å². The molecule has 0 spiro atoms. The highest BCUT2D eigenvalue weighted by Gasteiger charge is 2.22. The predicted molar refractivity (Wildman–Crippen MR) is 110 cm³/mol. The van der Waals surface area contributed by atoms with E-state index in [-0.39, 0.29) is 5.91 Å². The zero-order valence-electron chi connectivity index (χ0n) is 17.2. The summed E-state index contributed by atoms with van der Waals surface area (Å²) in [5.41, 5.74) is 1.68. The van der Waals surface area contributed by atoms with E-state index in [0.717, 1.165) is 37.6 Å². The Bertz CT molecular complexity index is 641. The number of nitrogens with one attached hydrogen (secondary N) is 2. The summed E-state index contributed by atoms with van der Waals surface area (Å²) in [5, 5.41) is 3.06. The van der Waals surface area contributed by atoms with Crippen LogP contribution in [-0.2, 0) is 9.53 Å². The van der Waals surface area contributed by atoms with Crippen LogP contribution in [0.15, 0.2) is 12.1 Å². The van der Waals surface area contributed by atoms with E-state index in [9.17, 15) is 4.79 Å². The van der Waals surface area contributed by atoms with Gasteiger partial charge in [-0.2, -0.15) is 0 Å². The standard InChI is InChI=1S/C21H33N3O4/c1-3-27-19-15-18(24-10-12-26-13-11-24)20(28-4-2)14-17(19)22-21(25)16-23-8-6-5-7-9-23/h14-15H,3-13,16H2,1-2H3,(H,22,25)/p+1. The number of carbonyl (C=O) groups is 1. The maximum atomic E-state index is 12.6. The summed E-state index contributed by atoms with van der Waals surface area (Å²) in [6.45, 7) is 10.7. The van der Waals surface area contributed by atoms with Gasteiger partial charge in [-0.1, -0.05) is 0 Å². The maximum Gasteiger partial charge on any atom is 0.279 e. The van der Waals surface area contributed by atoms with Crippen molar-refractivity contribution in [1.82, 2.24) is 0 Å². The Morgan fingerprint density at radius 2 is 1.75 bits per heavy atom. The number of piperidine rings is 1. The van der Waals surface area contributed by atoms with Crippen molar-refractivity contribution >= 4 is 17.3 Å². The zero-order valence-corrected chi connectivity index (χ0v) is 17.2. The van der Waals surface area contributed by atoms with Crippen LogP contribution >= 0.6 is 0 Å². The number of quaternary nitrogens is 1. The number of anilines is 2. The Labute approximate surface area is 167 Å². The summed E-state index contributed by atoms with van der Waals surface area (Å²) in [6, 6.07) is 3.89. The molecule has 2 N–H and O–H groups in total. The number of benzene rings is 1. The number of hydrogen-bond donors (Lipinski definition) is 2. The summed E-state index contributed by atoms with van der Waals surface area (Å²) >= 11 is 0. The molecule has 3 rings (SSSR count). The second kappa shape index (κ2) is 10.5. The molecule has 7 heteroatoms. The molecule has 2 aliphatic rings. The number of amides is 1. The third-order valence-electron chi connectivity index (χ3n) is 5.26. The zero-order chi connectivity index (χ0) is 19.8. The molecular formula is C21H34N3O4+. The number of hydrogen-bond acceptors (Lipinski definition) is 5. The highest BCUT2D eigenvalue weighted by atomic mass is 16.5. The first-order chi connectivity index (χ1) is 13.7. The molecule has 0 saturated carbocycles. The summed E-state index contributed by atoms with van der Waals surface area (Å²) in [7, 11) is 0. The summed E-state index contributed by atoms with van der Waals surface area (Å²) in [4.78, 5) is 16.2. The van der Waals surface area contributed by atoms with Gasteiger partial charge in [-0.25, -0.2) is 0 Å². The Morgan fingerprint density at radius 3 is 2.43 bits per heavy atom. The molecule has 0 aromatic heterocycles. The van der Waals surface area contributed by atoms with Gasteiger partial charge in [0.2, 0.25) is 0 Å². The molecule has 2 saturated heterocycles. The maximum absolute atomic E-state index is 12.6. The minimum atomic E-state index is 0.0272. The third-order valence-corrected chi connectivity index (χ3v) is 5.26. The van der Waals surface area contributed by atoms with Crippen LogP contribution in [0.25, 0.3) is 0 Å². The molecule has 0 radical (unpaired) electrons. The molecule has 28 heavy (non-hydrogen) atoms. The minimum absolute atomic E-state index is 0.0272. The highest BCUT2D eigenvalue weighted by molar-refractivity contribution is 5.94. The van der Waals surface area contributed by atoms with Gasteiger partial charge in [-0.15, -0.1) is 0 Å². The molecule has 1 amide bonds. The second-order valence-electron chi connectivity index (χ2n) is 7.32. The molecule has 1 aromatic rings. The van der Waals surface area contributed by atoms with Gasteiger partial charge in [0.05, 0.1) is 50.9 Å². The molecule has 0 aliphatic carbocycles. The van der Waals surface area contributed by atoms with Crippen molar-refractivity contribution in [1.29, 1.82) is 0 Å². The van der Waals surface area contributed by atoms with Crippen LogP contribution in [0.5, 0.6) is 11.5 Å². The minimum Gasteiger partial charge on any atom is -0.492 e. The molecule has 7 nitrogen and oxygen atoms in total. The second-order valence-corrected chi connectivity index (χ2v) is 7.32. The van der Waals surface area contributed by atoms with Crippen LogP contribution in [0.1, 0.15) is 33.1 Å². The van der Waals surface area contributed by atoms with Gasteiger partial charge in [0.1, 0.15) is 11.5 Å². The van der Waals surface area contributed by atoms with Crippen molar-refractivity contribution in [3.63, 3.8) is 0 Å². The van der Waals surface area contributed by atoms with Crippen molar-refractivity contribution in [2.75, 3.05) is 69.4 Å². The van der Waals surface area contributed by atoms with Gasteiger partial charge in [0.25, 0.3) is 5.91 Å². The average Bonchev–Trinajstić information content (AvgIpc) is 2.71. The van der Waals surface area contributed by atoms with Gasteiger partial charge in [0.15, 0.2) is 6.54 Å². The molecule has 2 aliphatic heterocycles. The number of ether oxygens (including phenoxy) is 3. The first-order valence-corrected chi connectivity index (χ1v) is 10.6. The number of rotatable bonds is 8. The third kappa shape index (κ3) is 5.52. The fraction of sp³-hybridized carbons (Fsp3) is 0.667. The monoisotopic (exact) mass is 392 g/mol. The predicted octanol–water partition coefficient (Wildman–Crippen LogP) is 1.33. The Kier molecular flexibility index (Phi) is 7.80. The fourth-order valence-electron chi connectivity index (χ4n) is 3.89. The number of nitrogens with zero attached hydrogens (tertiary/aromatic N) is 1. The topological polar surface area (TPSA) is 64.5 Å². The van der Waals surface area contributed by atoms with Crippen molar-refractivity contribution in [3.05, 3.63) is 12.1 Å². The van der Waals surface area contributed by atoms with E-state index >= 15 is 0 Å². The van der Waals surface area contributed by atoms with E-state index in [1.54, 1.807) is 0 Å². The highest BCUT2D eigenvalue weighted by Crippen LogP contribution is 2.39. The van der Waals surface area contributed by atoms with Gasteiger partial charge in [-0.3, -0.25) is 4.79 Å². The van der Waals surface area contributed by atoms with Gasteiger partial charge in [0, 0.05) is 25.2 Å². The summed E-state index contributed by atoms with van der Waals surface area (Å²) in [6.07, 6.45) is 3.69. The molecule has 156 valence electrons. The van der Waals surface area contributed by atoms with Crippen LogP contribution in [0.3, 0.4) is 0 Å². The van der Waals surface area contributed by atoms with Crippen LogP contribution in [-0.4, -0.2) is 65.1 Å². The van der Waals surface area contributed by atoms with E-state index < -0.39 is 0 Å². The van der Waals surface area contributed by atoms with E-state index in [4.69, 9.17) is 14.2 Å². The van der Waals surface area contributed by atoms with Crippen molar-refractivity contribution in [2.45, 2.75) is 33.1 Å². The normalized spacial score (nSPS) is 18.0. The summed E-state index contributed by atoms with van der Waals surface area (Å²) in [5.74, 6) is 1.49. The quantitative estimate of drug-likeness (QED) is 0.699. The number of likely N-dealkylation sites (tertiary alicyclic amines) is 1. The van der Waals surface area contributed by atoms with Crippen LogP contribution in [0.4, 0.5) is 11.4 Å². The fourth-order valence-corrected chi connectivity index (χ4v) is 3.89. The molecule has 0 bridgehead atoms. The van der Waals surface area contributed by atoms with Crippen LogP contribution < -0.4 is 24.6 Å². The molecule has 2 heterocycles. The Balaban J connectivity index is 1.79. The van der Waals surface area contributed by atoms with E-state index in [1.165, 1.54) is 24.2 Å². The van der Waals surface area contributed by atoms with Crippen LogP contribution in [0, 0.1) is 0 Å². The van der Waals surface area contributed by atoms with Crippen molar-refractivity contribution < 1.29 is 23.9 Å². The lowest BCUT2D eigenvalue weighted by molar-refractivity contribution is -0.896. The molecule has 0 atom stereocenters. The SMILES string of the molecule is CCOc1cc(N2CCOCC2)c(OCC)cc1NC(=O)C[NH+]1CCCCC1. The van der Waals surface area contributed by atoms with E-state index in [2.05, 4.69) is 10.2 Å². The number of carbonyl (C=O) groups excluding carboxylic acids is 1. The Morgan fingerprint density at radius 1 is 1.07 bits per heavy atom. The van der Waals surface area contributed by atoms with Crippen LogP contribution in [0.2, 0.25) is 0 Å². The van der Waals surface area contributed by atoms with Gasteiger partial charge >= 0.3 is 0 Å². The molecule has 0 unspecified atom stereocenters. The van der Waals surface area contributed by atoms with Crippen molar-refractivity contribution in [2.24, 2.45) is 0 Å². The molecular weight excluding hydrogens is 358 g/mol. The first-order valence-electron chi connectivity index (χ1n) is 10.6. The lowest BCUT2D eigenvalue weighted by Crippen LogP contribution is -3.13.